The Balaban J connectivity index is 1.82. The molecule has 144 valence electrons. The van der Waals surface area contributed by atoms with E-state index < -0.39 is 0 Å². The molecule has 2 aliphatic rings. The largest absolute Gasteiger partial charge is 0.489 e. The van der Waals surface area contributed by atoms with E-state index in [1.165, 1.54) is 6.42 Å². The summed E-state index contributed by atoms with van der Waals surface area (Å²) in [6.07, 6.45) is 9.37. The van der Waals surface area contributed by atoms with E-state index in [4.69, 9.17) is 14.2 Å². The maximum absolute atomic E-state index is 9.93. The highest BCUT2D eigenvalue weighted by atomic mass is 16.7. The molecule has 1 saturated carbocycles. The van der Waals surface area contributed by atoms with Crippen molar-refractivity contribution in [2.45, 2.75) is 103 Å². The highest BCUT2D eigenvalue weighted by molar-refractivity contribution is 5.08. The quantitative estimate of drug-likeness (QED) is 0.532. The number of hydrogen-bond donors (Lipinski definition) is 1. The first kappa shape index (κ1) is 20.5. The molecular weight excluding hydrogens is 316 g/mol. The second kappa shape index (κ2) is 8.24. The number of allylic oxidation sites excluding steroid dienone is 2. The summed E-state index contributed by atoms with van der Waals surface area (Å²) in [7, 11) is 0. The maximum atomic E-state index is 9.93. The lowest BCUT2D eigenvalue weighted by Crippen LogP contribution is -2.50. The molecule has 1 aliphatic carbocycles. The molecule has 4 nitrogen and oxygen atoms in total. The van der Waals surface area contributed by atoms with Crippen LogP contribution in [0.3, 0.4) is 0 Å². The molecule has 4 heteroatoms. The van der Waals surface area contributed by atoms with Crippen LogP contribution in [0.15, 0.2) is 24.5 Å². The number of rotatable bonds is 7. The molecule has 1 N–H and O–H groups in total. The number of ether oxygens (including phenoxy) is 3. The van der Waals surface area contributed by atoms with Gasteiger partial charge in [-0.15, -0.1) is 0 Å². The molecule has 1 aliphatic heterocycles. The van der Waals surface area contributed by atoms with Crippen LogP contribution in [-0.2, 0) is 14.2 Å². The summed E-state index contributed by atoms with van der Waals surface area (Å²) < 4.78 is 18.0. The lowest BCUT2D eigenvalue weighted by molar-refractivity contribution is -0.295. The van der Waals surface area contributed by atoms with Gasteiger partial charge in [-0.25, -0.2) is 0 Å². The van der Waals surface area contributed by atoms with Gasteiger partial charge in [-0.1, -0.05) is 19.6 Å². The van der Waals surface area contributed by atoms with Crippen LogP contribution in [-0.4, -0.2) is 34.8 Å². The minimum absolute atomic E-state index is 0.0719. The Bertz CT molecular complexity index is 473. The van der Waals surface area contributed by atoms with Crippen molar-refractivity contribution in [2.24, 2.45) is 5.92 Å². The molecule has 0 spiro atoms. The highest BCUT2D eigenvalue weighted by Gasteiger charge is 2.43. The molecule has 2 rings (SSSR count). The Morgan fingerprint density at radius 2 is 2.00 bits per heavy atom. The van der Waals surface area contributed by atoms with Crippen LogP contribution in [0.25, 0.3) is 0 Å². The monoisotopic (exact) mass is 352 g/mol. The first-order valence-electron chi connectivity index (χ1n) is 9.66. The smallest absolute Gasteiger partial charge is 0.161 e. The summed E-state index contributed by atoms with van der Waals surface area (Å²) in [4.78, 5) is 0. The molecule has 0 aromatic carbocycles. The zero-order chi connectivity index (χ0) is 18.7. The maximum Gasteiger partial charge on any atom is 0.161 e. The Morgan fingerprint density at radius 1 is 1.32 bits per heavy atom. The van der Waals surface area contributed by atoms with Crippen LogP contribution in [0.2, 0.25) is 0 Å². The highest BCUT2D eigenvalue weighted by Crippen LogP contribution is 2.43. The predicted octanol–water partition coefficient (Wildman–Crippen LogP) is 4.72. The van der Waals surface area contributed by atoms with E-state index in [9.17, 15) is 5.11 Å². The molecule has 0 radical (unpaired) electrons. The molecule has 0 aromatic rings. The number of aliphatic hydroxyl groups excluding tert-OH is 1. The van der Waals surface area contributed by atoms with Crippen molar-refractivity contribution in [3.63, 3.8) is 0 Å². The van der Waals surface area contributed by atoms with Gasteiger partial charge in [0.05, 0.1) is 17.8 Å². The van der Waals surface area contributed by atoms with Gasteiger partial charge in [0.2, 0.25) is 0 Å². The van der Waals surface area contributed by atoms with E-state index in [0.717, 1.165) is 32.1 Å². The Labute approximate surface area is 153 Å². The van der Waals surface area contributed by atoms with Crippen molar-refractivity contribution in [3.05, 3.63) is 24.5 Å². The van der Waals surface area contributed by atoms with Gasteiger partial charge in [0, 0.05) is 5.92 Å². The third-order valence-electron chi connectivity index (χ3n) is 5.11. The van der Waals surface area contributed by atoms with Crippen LogP contribution in [0.1, 0.15) is 73.1 Å². The fourth-order valence-electron chi connectivity index (χ4n) is 3.50. The van der Waals surface area contributed by atoms with Gasteiger partial charge in [0.1, 0.15) is 11.4 Å². The summed E-state index contributed by atoms with van der Waals surface area (Å²) in [6.45, 7) is 14.0. The Morgan fingerprint density at radius 3 is 2.56 bits per heavy atom. The van der Waals surface area contributed by atoms with Gasteiger partial charge in [0.15, 0.2) is 6.29 Å². The van der Waals surface area contributed by atoms with E-state index in [1.807, 2.05) is 33.8 Å². The predicted molar refractivity (Wildman–Crippen MR) is 100 cm³/mol. The van der Waals surface area contributed by atoms with Gasteiger partial charge >= 0.3 is 0 Å². The molecule has 0 amide bonds. The van der Waals surface area contributed by atoms with Gasteiger partial charge in [-0.05, 0) is 72.3 Å². The third kappa shape index (κ3) is 6.12. The molecule has 2 fully saturated rings. The summed E-state index contributed by atoms with van der Waals surface area (Å²) in [6, 6.07) is 0. The molecule has 1 heterocycles. The molecule has 0 unspecified atom stereocenters. The van der Waals surface area contributed by atoms with E-state index in [0.29, 0.717) is 5.76 Å². The van der Waals surface area contributed by atoms with Crippen LogP contribution in [0.4, 0.5) is 0 Å². The van der Waals surface area contributed by atoms with Gasteiger partial charge in [0.25, 0.3) is 0 Å². The third-order valence-corrected chi connectivity index (χ3v) is 5.11. The first-order valence-corrected chi connectivity index (χ1v) is 9.66. The summed E-state index contributed by atoms with van der Waals surface area (Å²) in [5.74, 6) is 0.919. The molecule has 0 aromatic heterocycles. The van der Waals surface area contributed by atoms with Crippen LogP contribution >= 0.6 is 0 Å². The number of aliphatic hydroxyl groups is 1. The minimum atomic E-state index is -0.385. The summed E-state index contributed by atoms with van der Waals surface area (Å²) in [5, 5.41) is 9.93. The zero-order valence-corrected chi connectivity index (χ0v) is 16.6. The van der Waals surface area contributed by atoms with Crippen molar-refractivity contribution in [2.75, 3.05) is 0 Å². The zero-order valence-electron chi connectivity index (χ0n) is 16.6. The second-order valence-corrected chi connectivity index (χ2v) is 8.77. The topological polar surface area (TPSA) is 47.9 Å². The SMILES string of the molecule is C=C(/C=C/CCC1(O[C@@H]2O[C@@H](C)[C@H](O)C[C@H]2C)CCC1)OC(C)(C)C. The normalized spacial score (nSPS) is 32.4. The van der Waals surface area contributed by atoms with E-state index >= 15 is 0 Å². The average molecular weight is 353 g/mol. The van der Waals surface area contributed by atoms with Crippen molar-refractivity contribution in [1.82, 2.24) is 0 Å². The van der Waals surface area contributed by atoms with Crippen LogP contribution in [0, 0.1) is 5.92 Å². The summed E-state index contributed by atoms with van der Waals surface area (Å²) >= 11 is 0. The van der Waals surface area contributed by atoms with Crippen LogP contribution < -0.4 is 0 Å². The fraction of sp³-hybridized carbons (Fsp3) is 0.810. The molecule has 0 bridgehead atoms. The standard InChI is InChI=1S/C21H36O4/c1-15-14-18(22)17(3)23-19(15)25-21(12-9-13-21)11-8-7-10-16(2)24-20(4,5)6/h7,10,15,17-19,22H,2,8-9,11-14H2,1,3-6H3/b10-7+/t15-,17+,18-,19+/m1/s1. The number of hydrogen-bond acceptors (Lipinski definition) is 4. The van der Waals surface area contributed by atoms with Gasteiger partial charge < -0.3 is 19.3 Å². The van der Waals surface area contributed by atoms with Crippen molar-refractivity contribution >= 4 is 0 Å². The van der Waals surface area contributed by atoms with Crippen molar-refractivity contribution in [3.8, 4) is 0 Å². The average Bonchev–Trinajstić information content (AvgIpc) is 2.44. The van der Waals surface area contributed by atoms with Crippen molar-refractivity contribution < 1.29 is 19.3 Å². The van der Waals surface area contributed by atoms with Crippen molar-refractivity contribution in [1.29, 1.82) is 0 Å². The molecule has 4 atom stereocenters. The Hall–Kier alpha value is -0.840. The lowest BCUT2D eigenvalue weighted by atomic mass is 9.76. The second-order valence-electron chi connectivity index (χ2n) is 8.77. The first-order chi connectivity index (χ1) is 11.6. The van der Waals surface area contributed by atoms with E-state index in [2.05, 4.69) is 19.6 Å². The lowest BCUT2D eigenvalue weighted by Gasteiger charge is -2.47. The minimum Gasteiger partial charge on any atom is -0.489 e. The fourth-order valence-corrected chi connectivity index (χ4v) is 3.50. The van der Waals surface area contributed by atoms with Crippen LogP contribution in [0.5, 0.6) is 0 Å². The van der Waals surface area contributed by atoms with Gasteiger partial charge in [-0.2, -0.15) is 0 Å². The van der Waals surface area contributed by atoms with Gasteiger partial charge in [-0.3, -0.25) is 0 Å². The Kier molecular flexibility index (Phi) is 6.74. The molecule has 25 heavy (non-hydrogen) atoms. The summed E-state index contributed by atoms with van der Waals surface area (Å²) in [5.41, 5.74) is -0.285. The molecular formula is C21H36O4. The van der Waals surface area contributed by atoms with E-state index in [1.54, 1.807) is 0 Å². The molecule has 1 saturated heterocycles. The van der Waals surface area contributed by atoms with E-state index in [-0.39, 0.29) is 35.6 Å².